The van der Waals surface area contributed by atoms with Gasteiger partial charge in [0.1, 0.15) is 6.54 Å². The van der Waals surface area contributed by atoms with Crippen LogP contribution in [-0.4, -0.2) is 52.6 Å². The van der Waals surface area contributed by atoms with E-state index in [-0.39, 0.29) is 24.5 Å². The molecule has 0 radical (unpaired) electrons. The maximum Gasteiger partial charge on any atom is 0.323 e. The highest BCUT2D eigenvalue weighted by atomic mass is 16.4. The number of aliphatic hydroxyl groups is 1. The van der Waals surface area contributed by atoms with Crippen LogP contribution in [0.25, 0.3) is 0 Å². The zero-order valence-electron chi connectivity index (χ0n) is 14.3. The Balaban J connectivity index is 3.67. The lowest BCUT2D eigenvalue weighted by Crippen LogP contribution is -2.43. The summed E-state index contributed by atoms with van der Waals surface area (Å²) in [7, 11) is 1.44. The summed E-state index contributed by atoms with van der Waals surface area (Å²) >= 11 is 0. The fourth-order valence-electron chi connectivity index (χ4n) is 2.19. The summed E-state index contributed by atoms with van der Waals surface area (Å²) in [5, 5.41) is 28.3. The predicted molar refractivity (Wildman–Crippen MR) is 89.4 cm³/mol. The molecule has 0 spiro atoms. The monoisotopic (exact) mass is 329 g/mol. The minimum atomic E-state index is -1.05. The number of unbranched alkanes of at least 4 members (excludes halogenated alkanes) is 4. The number of rotatable bonds is 12. The molecule has 0 aromatic heterocycles. The minimum absolute atomic E-state index is 0.205. The fraction of sp³-hybridized carbons (Fsp3) is 0.812. The Morgan fingerprint density at radius 2 is 1.74 bits per heavy atom. The first-order valence-corrected chi connectivity index (χ1v) is 8.36. The number of carbonyl (C=O) groups is 2. The number of carboxylic acids is 1. The highest BCUT2D eigenvalue weighted by Crippen LogP contribution is 2.11. The van der Waals surface area contributed by atoms with Gasteiger partial charge in [0.15, 0.2) is 5.96 Å². The van der Waals surface area contributed by atoms with E-state index in [2.05, 4.69) is 12.2 Å². The summed E-state index contributed by atoms with van der Waals surface area (Å²) in [6.07, 6.45) is 7.48. The van der Waals surface area contributed by atoms with E-state index in [4.69, 9.17) is 10.5 Å². The Labute approximate surface area is 138 Å². The topological polar surface area (TPSA) is 114 Å². The molecule has 0 bridgehead atoms. The van der Waals surface area contributed by atoms with Gasteiger partial charge in [-0.05, 0) is 19.3 Å². The van der Waals surface area contributed by atoms with Gasteiger partial charge in [0, 0.05) is 13.5 Å². The van der Waals surface area contributed by atoms with E-state index >= 15 is 0 Å². The van der Waals surface area contributed by atoms with Crippen molar-refractivity contribution in [3.63, 3.8) is 0 Å². The second kappa shape index (κ2) is 12.9. The van der Waals surface area contributed by atoms with Crippen molar-refractivity contribution in [2.45, 2.75) is 70.8 Å². The van der Waals surface area contributed by atoms with Crippen LogP contribution in [0.5, 0.6) is 0 Å². The molecular formula is C16H31N3O4. The van der Waals surface area contributed by atoms with E-state index in [1.807, 2.05) is 0 Å². The van der Waals surface area contributed by atoms with Crippen molar-refractivity contribution in [2.75, 3.05) is 13.6 Å². The van der Waals surface area contributed by atoms with Crippen molar-refractivity contribution < 1.29 is 19.8 Å². The van der Waals surface area contributed by atoms with Crippen LogP contribution < -0.4 is 5.32 Å². The summed E-state index contributed by atoms with van der Waals surface area (Å²) < 4.78 is 0. The van der Waals surface area contributed by atoms with Gasteiger partial charge in [0.25, 0.3) is 0 Å². The normalized spacial score (nSPS) is 11.8. The van der Waals surface area contributed by atoms with Crippen molar-refractivity contribution in [3.8, 4) is 0 Å². The van der Waals surface area contributed by atoms with Crippen LogP contribution in [-0.2, 0) is 9.59 Å². The van der Waals surface area contributed by atoms with E-state index in [1.54, 1.807) is 0 Å². The maximum absolute atomic E-state index is 11.6. The van der Waals surface area contributed by atoms with E-state index in [1.165, 1.54) is 7.05 Å². The molecule has 0 rings (SSSR count). The number of carboxylic acid groups (broad SMARTS) is 1. The van der Waals surface area contributed by atoms with E-state index in [0.29, 0.717) is 12.8 Å². The molecular weight excluding hydrogens is 298 g/mol. The van der Waals surface area contributed by atoms with Gasteiger partial charge >= 0.3 is 5.97 Å². The highest BCUT2D eigenvalue weighted by molar-refractivity contribution is 5.96. The van der Waals surface area contributed by atoms with Gasteiger partial charge in [-0.3, -0.25) is 20.3 Å². The Morgan fingerprint density at radius 1 is 1.13 bits per heavy atom. The van der Waals surface area contributed by atoms with Crippen LogP contribution >= 0.6 is 0 Å². The number of nitrogens with zero attached hydrogens (tertiary/aromatic N) is 1. The number of nitrogens with one attached hydrogen (secondary N) is 2. The zero-order valence-corrected chi connectivity index (χ0v) is 14.3. The SMILES string of the molecule is CCCCCC(O)CCCCCC(=O)NC(=N)N(C)CC(=O)O. The maximum atomic E-state index is 11.6. The smallest absolute Gasteiger partial charge is 0.323 e. The quantitative estimate of drug-likeness (QED) is 0.248. The molecule has 23 heavy (non-hydrogen) atoms. The third-order valence-corrected chi connectivity index (χ3v) is 3.59. The summed E-state index contributed by atoms with van der Waals surface area (Å²) in [6, 6.07) is 0. The Bertz CT molecular complexity index is 374. The first kappa shape index (κ1) is 21.4. The van der Waals surface area contributed by atoms with Crippen LogP contribution in [0.15, 0.2) is 0 Å². The summed E-state index contributed by atoms with van der Waals surface area (Å²) in [5.74, 6) is -1.54. The average Bonchev–Trinajstić information content (AvgIpc) is 2.46. The second-order valence-corrected chi connectivity index (χ2v) is 5.90. The molecule has 4 N–H and O–H groups in total. The Hall–Kier alpha value is -1.63. The van der Waals surface area contributed by atoms with Crippen LogP contribution in [0.3, 0.4) is 0 Å². The van der Waals surface area contributed by atoms with E-state index < -0.39 is 5.97 Å². The Kier molecular flexibility index (Phi) is 12.0. The molecule has 0 aromatic rings. The van der Waals surface area contributed by atoms with Crippen molar-refractivity contribution in [1.29, 1.82) is 5.41 Å². The first-order valence-electron chi connectivity index (χ1n) is 8.36. The Morgan fingerprint density at radius 3 is 2.30 bits per heavy atom. The first-order chi connectivity index (χ1) is 10.9. The molecule has 0 aliphatic rings. The molecule has 134 valence electrons. The summed E-state index contributed by atoms with van der Waals surface area (Å²) in [4.78, 5) is 23.3. The number of aliphatic carboxylic acids is 1. The molecule has 7 heteroatoms. The lowest BCUT2D eigenvalue weighted by Gasteiger charge is -2.17. The van der Waals surface area contributed by atoms with Gasteiger partial charge in [-0.2, -0.15) is 0 Å². The summed E-state index contributed by atoms with van der Waals surface area (Å²) in [6.45, 7) is 1.81. The fourth-order valence-corrected chi connectivity index (χ4v) is 2.19. The number of guanidine groups is 1. The number of aliphatic hydroxyl groups excluding tert-OH is 1. The average molecular weight is 329 g/mol. The number of carbonyl (C=O) groups excluding carboxylic acids is 1. The van der Waals surface area contributed by atoms with Crippen molar-refractivity contribution in [1.82, 2.24) is 10.2 Å². The van der Waals surface area contributed by atoms with Crippen molar-refractivity contribution >= 4 is 17.8 Å². The van der Waals surface area contributed by atoms with Crippen LogP contribution in [0.4, 0.5) is 0 Å². The predicted octanol–water partition coefficient (Wildman–Crippen LogP) is 1.95. The molecule has 0 aliphatic carbocycles. The minimum Gasteiger partial charge on any atom is -0.480 e. The van der Waals surface area contributed by atoms with E-state index in [0.717, 1.165) is 49.8 Å². The van der Waals surface area contributed by atoms with Gasteiger partial charge in [-0.25, -0.2) is 0 Å². The molecule has 1 atom stereocenters. The highest BCUT2D eigenvalue weighted by Gasteiger charge is 2.11. The molecule has 0 heterocycles. The summed E-state index contributed by atoms with van der Waals surface area (Å²) in [5.41, 5.74) is 0. The third-order valence-electron chi connectivity index (χ3n) is 3.59. The molecule has 0 saturated carbocycles. The van der Waals surface area contributed by atoms with Gasteiger partial charge < -0.3 is 15.1 Å². The van der Waals surface area contributed by atoms with Crippen molar-refractivity contribution in [2.24, 2.45) is 0 Å². The lowest BCUT2D eigenvalue weighted by molar-refractivity contribution is -0.137. The molecule has 7 nitrogen and oxygen atoms in total. The van der Waals surface area contributed by atoms with Crippen LogP contribution in [0, 0.1) is 5.41 Å². The van der Waals surface area contributed by atoms with Gasteiger partial charge in [0.05, 0.1) is 6.10 Å². The number of likely N-dealkylation sites (N-methyl/N-ethyl adjacent to an activating group) is 1. The standard InChI is InChI=1S/C16H31N3O4/c1-3-4-6-9-13(20)10-7-5-8-11-14(21)18-16(17)19(2)12-15(22)23/h13,20H,3-12H2,1-2H3,(H,22,23)(H2,17,18,21). The molecule has 1 unspecified atom stereocenters. The largest absolute Gasteiger partial charge is 0.480 e. The van der Waals surface area contributed by atoms with Crippen LogP contribution in [0.1, 0.15) is 64.7 Å². The van der Waals surface area contributed by atoms with Gasteiger partial charge in [0.2, 0.25) is 5.91 Å². The van der Waals surface area contributed by atoms with Crippen molar-refractivity contribution in [3.05, 3.63) is 0 Å². The second-order valence-electron chi connectivity index (χ2n) is 5.90. The van der Waals surface area contributed by atoms with Gasteiger partial charge in [-0.1, -0.05) is 39.0 Å². The molecule has 1 amide bonds. The molecule has 0 aliphatic heterocycles. The third kappa shape index (κ3) is 12.6. The number of hydrogen-bond acceptors (Lipinski definition) is 4. The number of hydrogen-bond donors (Lipinski definition) is 4. The lowest BCUT2D eigenvalue weighted by atomic mass is 10.0. The molecule has 0 saturated heterocycles. The molecule has 0 fully saturated rings. The number of amides is 1. The van der Waals surface area contributed by atoms with Crippen LogP contribution in [0.2, 0.25) is 0 Å². The van der Waals surface area contributed by atoms with E-state index in [9.17, 15) is 14.7 Å². The molecule has 0 aromatic carbocycles. The van der Waals surface area contributed by atoms with Gasteiger partial charge in [-0.15, -0.1) is 0 Å². The zero-order chi connectivity index (χ0) is 17.7.